The fourth-order valence-electron chi connectivity index (χ4n) is 4.94. The number of hydrogen-bond donors (Lipinski definition) is 3. The molecule has 1 fully saturated rings. The maximum absolute atomic E-state index is 13.6. The molecule has 0 spiro atoms. The highest BCUT2D eigenvalue weighted by Crippen LogP contribution is 2.28. The topological polar surface area (TPSA) is 129 Å². The smallest absolute Gasteiger partial charge is 0.168 e. The zero-order valence-corrected chi connectivity index (χ0v) is 24.2. The number of aromatic nitrogens is 1. The van der Waals surface area contributed by atoms with Crippen molar-refractivity contribution in [2.75, 3.05) is 38.8 Å². The number of aliphatic hydroxyl groups excluding tert-OH is 1. The van der Waals surface area contributed by atoms with Gasteiger partial charge in [0.1, 0.15) is 22.4 Å². The molecule has 1 aromatic carbocycles. The normalized spacial score (nSPS) is 16.1. The number of aliphatic hydroxyl groups is 1. The number of rotatable bonds is 13. The predicted octanol–water partition coefficient (Wildman–Crippen LogP) is 3.90. The van der Waals surface area contributed by atoms with Gasteiger partial charge in [-0.05, 0) is 68.7 Å². The van der Waals surface area contributed by atoms with Gasteiger partial charge in [0.05, 0.1) is 23.3 Å². The average Bonchev–Trinajstić information content (AvgIpc) is 3.20. The average molecular weight is 560 g/mol. The number of piperidine rings is 1. The molecule has 1 aromatic heterocycles. The van der Waals surface area contributed by atoms with Gasteiger partial charge in [-0.25, -0.2) is 8.51 Å². The lowest BCUT2D eigenvalue weighted by atomic mass is 9.95. The first-order valence-corrected chi connectivity index (χ1v) is 14.7. The van der Waals surface area contributed by atoms with E-state index in [1.54, 1.807) is 11.7 Å². The minimum Gasteiger partial charge on any atom is -0.493 e. The number of benzene rings is 1. The van der Waals surface area contributed by atoms with E-state index in [-0.39, 0.29) is 6.61 Å². The van der Waals surface area contributed by atoms with Crippen LogP contribution in [0.3, 0.4) is 0 Å². The molecule has 11 heteroatoms. The summed E-state index contributed by atoms with van der Waals surface area (Å²) in [7, 11) is 0.278. The fourth-order valence-corrected chi connectivity index (χ4v) is 6.19. The van der Waals surface area contributed by atoms with Crippen molar-refractivity contribution in [3.63, 3.8) is 0 Å². The first-order valence-electron chi connectivity index (χ1n) is 13.6. The minimum absolute atomic E-state index is 0.184. The number of oxime groups is 1. The highest BCUT2D eigenvalue weighted by molar-refractivity contribution is 7.82. The molecule has 2 aromatic rings. The van der Waals surface area contributed by atoms with Crippen molar-refractivity contribution in [3.05, 3.63) is 46.3 Å². The van der Waals surface area contributed by atoms with Gasteiger partial charge in [-0.1, -0.05) is 25.4 Å². The van der Waals surface area contributed by atoms with Gasteiger partial charge in [0, 0.05) is 38.0 Å². The van der Waals surface area contributed by atoms with Crippen LogP contribution in [0, 0.1) is 12.8 Å². The van der Waals surface area contributed by atoms with Crippen molar-refractivity contribution in [1.29, 1.82) is 0 Å². The van der Waals surface area contributed by atoms with Crippen LogP contribution >= 0.6 is 0 Å². The third kappa shape index (κ3) is 7.14. The van der Waals surface area contributed by atoms with E-state index in [4.69, 9.17) is 4.74 Å². The molecule has 3 N–H and O–H groups in total. The van der Waals surface area contributed by atoms with Gasteiger partial charge in [0.15, 0.2) is 12.1 Å². The zero-order chi connectivity index (χ0) is 28.4. The molecule has 10 nitrogen and oxygen atoms in total. The molecular weight excluding hydrogens is 518 g/mol. The summed E-state index contributed by atoms with van der Waals surface area (Å²) in [5, 5.41) is 21.7. The molecule has 0 bridgehead atoms. The summed E-state index contributed by atoms with van der Waals surface area (Å²) in [6, 6.07) is 5.48. The standard InChI is InChI=1S/C28H41N5O5S/c1-5-7-25-24(18-30-36)20(3)26(19-35)33(25)31-28(29-4)23-17-22(8-9-27(23)38-16-6-2)39(37)32-13-10-21(11-14-32)12-15-34/h8-9,17-19,21,34,36H,5-7,10-16H2,1-4H3,(H,29,31)/b30-18+. The zero-order valence-electron chi connectivity index (χ0n) is 23.4. The molecule has 0 amide bonds. The van der Waals surface area contributed by atoms with E-state index < -0.39 is 11.0 Å². The van der Waals surface area contributed by atoms with Crippen LogP contribution in [-0.2, 0) is 17.4 Å². The highest BCUT2D eigenvalue weighted by Gasteiger charge is 2.25. The fraction of sp³-hybridized carbons (Fsp3) is 0.536. The van der Waals surface area contributed by atoms with Crippen molar-refractivity contribution < 1.29 is 24.1 Å². The minimum atomic E-state index is -1.37. The summed E-state index contributed by atoms with van der Waals surface area (Å²) in [4.78, 5) is 17.3. The SMILES string of the molecule is CCCOc1ccc(S(=O)N2CCC(CCO)CC2)cc1C(=NC)Nn1c(C=O)c(C)c(/C=N/O)c1CCC. The van der Waals surface area contributed by atoms with E-state index in [0.29, 0.717) is 70.9 Å². The molecule has 1 atom stereocenters. The number of nitrogens with zero attached hydrogens (tertiary/aromatic N) is 4. The first-order chi connectivity index (χ1) is 18.9. The Balaban J connectivity index is 2.01. The van der Waals surface area contributed by atoms with Gasteiger partial charge >= 0.3 is 0 Å². The Bertz CT molecular complexity index is 1200. The van der Waals surface area contributed by atoms with E-state index in [1.165, 1.54) is 6.21 Å². The van der Waals surface area contributed by atoms with Crippen molar-refractivity contribution >= 4 is 29.3 Å². The third-order valence-electron chi connectivity index (χ3n) is 7.05. The van der Waals surface area contributed by atoms with Gasteiger partial charge in [0.2, 0.25) is 0 Å². The molecule has 39 heavy (non-hydrogen) atoms. The first kappa shape index (κ1) is 30.5. The number of aldehydes is 1. The largest absolute Gasteiger partial charge is 0.493 e. The van der Waals surface area contributed by atoms with Crippen molar-refractivity contribution in [2.24, 2.45) is 16.1 Å². The summed E-state index contributed by atoms with van der Waals surface area (Å²) in [6.07, 6.45) is 6.96. The third-order valence-corrected chi connectivity index (χ3v) is 8.54. The summed E-state index contributed by atoms with van der Waals surface area (Å²) < 4.78 is 23.3. The number of aliphatic imine (C=N–C) groups is 1. The number of carbonyl (C=O) groups excluding carboxylic acids is 1. The predicted molar refractivity (Wildman–Crippen MR) is 154 cm³/mol. The lowest BCUT2D eigenvalue weighted by Gasteiger charge is -2.30. The summed E-state index contributed by atoms with van der Waals surface area (Å²) in [6.45, 7) is 7.96. The Morgan fingerprint density at radius 3 is 2.59 bits per heavy atom. The van der Waals surface area contributed by atoms with Crippen LogP contribution in [0.25, 0.3) is 0 Å². The molecule has 1 aliphatic heterocycles. The van der Waals surface area contributed by atoms with Crippen molar-refractivity contribution in [1.82, 2.24) is 8.98 Å². The second kappa shape index (κ2) is 14.9. The Labute approximate surface area is 233 Å². The number of hydrogen-bond acceptors (Lipinski definition) is 7. The van der Waals surface area contributed by atoms with E-state index >= 15 is 0 Å². The second-order valence-electron chi connectivity index (χ2n) is 9.64. The number of amidine groups is 1. The molecule has 1 unspecified atom stereocenters. The lowest BCUT2D eigenvalue weighted by Crippen LogP contribution is -2.35. The molecule has 3 rings (SSSR count). The molecule has 1 saturated heterocycles. The van der Waals surface area contributed by atoms with Gasteiger partial charge in [-0.15, -0.1) is 0 Å². The van der Waals surface area contributed by atoms with Crippen LogP contribution in [0.1, 0.15) is 78.8 Å². The number of ether oxygens (including phenoxy) is 1. The Morgan fingerprint density at radius 1 is 1.26 bits per heavy atom. The molecule has 0 radical (unpaired) electrons. The van der Waals surface area contributed by atoms with Crippen LogP contribution in [-0.4, -0.2) is 75.2 Å². The van der Waals surface area contributed by atoms with Gasteiger partial charge in [-0.2, -0.15) is 0 Å². The van der Waals surface area contributed by atoms with Crippen LogP contribution in [0.4, 0.5) is 0 Å². The Morgan fingerprint density at radius 2 is 2.00 bits per heavy atom. The summed E-state index contributed by atoms with van der Waals surface area (Å²) in [5.74, 6) is 1.50. The molecule has 214 valence electrons. The Kier molecular flexibility index (Phi) is 11.7. The summed E-state index contributed by atoms with van der Waals surface area (Å²) >= 11 is 0. The monoisotopic (exact) mass is 559 g/mol. The number of carbonyl (C=O) groups is 1. The van der Waals surface area contributed by atoms with Crippen LogP contribution in [0.15, 0.2) is 33.2 Å². The maximum Gasteiger partial charge on any atom is 0.168 e. The molecule has 0 saturated carbocycles. The van der Waals surface area contributed by atoms with E-state index in [9.17, 15) is 19.3 Å². The number of nitrogens with one attached hydrogen (secondary N) is 1. The lowest BCUT2D eigenvalue weighted by molar-refractivity contribution is 0.111. The molecule has 2 heterocycles. The summed E-state index contributed by atoms with van der Waals surface area (Å²) in [5.41, 5.74) is 6.48. The van der Waals surface area contributed by atoms with Crippen molar-refractivity contribution in [2.45, 2.75) is 64.2 Å². The Hall–Kier alpha value is -3.02. The van der Waals surface area contributed by atoms with Gasteiger partial charge in [-0.3, -0.25) is 19.9 Å². The van der Waals surface area contributed by atoms with Crippen LogP contribution < -0.4 is 10.2 Å². The van der Waals surface area contributed by atoms with Gasteiger partial charge in [0.25, 0.3) is 0 Å². The molecular formula is C28H41N5O5S. The molecule has 0 aliphatic carbocycles. The van der Waals surface area contributed by atoms with Crippen LogP contribution in [0.5, 0.6) is 5.75 Å². The van der Waals surface area contributed by atoms with Gasteiger partial charge < -0.3 is 15.1 Å². The van der Waals surface area contributed by atoms with E-state index in [0.717, 1.165) is 44.1 Å². The molecule has 1 aliphatic rings. The quantitative estimate of drug-likeness (QED) is 0.112. The second-order valence-corrected chi connectivity index (χ2v) is 11.1. The van der Waals surface area contributed by atoms with E-state index in [1.807, 2.05) is 43.3 Å². The maximum atomic E-state index is 13.6. The highest BCUT2D eigenvalue weighted by atomic mass is 32.2. The van der Waals surface area contributed by atoms with Crippen molar-refractivity contribution in [3.8, 4) is 5.75 Å². The van der Waals surface area contributed by atoms with E-state index in [2.05, 4.69) is 15.6 Å². The van der Waals surface area contributed by atoms with Crippen LogP contribution in [0.2, 0.25) is 0 Å².